The highest BCUT2D eigenvalue weighted by molar-refractivity contribution is 7.85. The summed E-state index contributed by atoms with van der Waals surface area (Å²) in [5.41, 5.74) is 0.0387. The molecule has 1 heterocycles. The average molecular weight is 460 g/mol. The molecule has 0 unspecified atom stereocenters. The zero-order valence-electron chi connectivity index (χ0n) is 16.3. The summed E-state index contributed by atoms with van der Waals surface area (Å²) in [6, 6.07) is 8.59. The summed E-state index contributed by atoms with van der Waals surface area (Å²) in [6.45, 7) is 0. The minimum atomic E-state index is -4.34. The predicted molar refractivity (Wildman–Crippen MR) is 113 cm³/mol. The molecule has 166 valence electrons. The van der Waals surface area contributed by atoms with Crippen molar-refractivity contribution in [2.75, 3.05) is 23.0 Å². The summed E-state index contributed by atoms with van der Waals surface area (Å²) in [5, 5.41) is 26.7. The van der Waals surface area contributed by atoms with E-state index in [0.717, 1.165) is 6.07 Å². The summed E-state index contributed by atoms with van der Waals surface area (Å²) in [5.74, 6) is -2.47. The molecule has 0 radical (unpaired) electrons. The third-order valence-electron chi connectivity index (χ3n) is 3.95. The fourth-order valence-electron chi connectivity index (χ4n) is 2.51. The van der Waals surface area contributed by atoms with Crippen LogP contribution in [0.4, 0.5) is 29.2 Å². The Bertz CT molecular complexity index is 1260. The van der Waals surface area contributed by atoms with Gasteiger partial charge in [0.15, 0.2) is 0 Å². The highest BCUT2D eigenvalue weighted by Crippen LogP contribution is 2.22. The molecule has 32 heavy (non-hydrogen) atoms. The SMILES string of the molecule is CNc1nc(Nc2ccc(S(=O)(=O)O)cc2)nc(Nc2cc(C(=O)O)cc(C(=O)O)c2)n1. The summed E-state index contributed by atoms with van der Waals surface area (Å²) in [4.78, 5) is 34.6. The van der Waals surface area contributed by atoms with Gasteiger partial charge in [-0.3, -0.25) is 4.55 Å². The standard InChI is InChI=1S/C18H16N6O7S/c1-19-16-22-17(20-11-2-4-13(5-3-11)32(29,30)31)24-18(23-16)21-12-7-9(14(25)26)6-10(8-12)15(27)28/h2-8H,1H3,(H,25,26)(H,27,28)(H,29,30,31)(H3,19,20,21,22,23,24). The van der Waals surface area contributed by atoms with Crippen molar-refractivity contribution in [3.63, 3.8) is 0 Å². The smallest absolute Gasteiger partial charge is 0.335 e. The maximum absolute atomic E-state index is 11.3. The second kappa shape index (κ2) is 8.83. The molecule has 1 aromatic heterocycles. The molecule has 0 amide bonds. The minimum absolute atomic E-state index is 0.0275. The second-order valence-electron chi connectivity index (χ2n) is 6.22. The van der Waals surface area contributed by atoms with Crippen molar-refractivity contribution in [2.45, 2.75) is 4.90 Å². The van der Waals surface area contributed by atoms with Gasteiger partial charge < -0.3 is 26.2 Å². The number of hydrogen-bond donors (Lipinski definition) is 6. The van der Waals surface area contributed by atoms with Crippen molar-refractivity contribution >= 4 is 51.3 Å². The van der Waals surface area contributed by atoms with Crippen molar-refractivity contribution in [3.05, 3.63) is 53.6 Å². The zero-order valence-corrected chi connectivity index (χ0v) is 17.1. The van der Waals surface area contributed by atoms with E-state index < -0.39 is 22.1 Å². The van der Waals surface area contributed by atoms with Crippen molar-refractivity contribution in [2.24, 2.45) is 0 Å². The predicted octanol–water partition coefficient (Wildman–Crippen LogP) is 2.04. The first-order chi connectivity index (χ1) is 15.0. The maximum atomic E-state index is 11.3. The van der Waals surface area contributed by atoms with Crippen molar-refractivity contribution in [1.29, 1.82) is 0 Å². The fourth-order valence-corrected chi connectivity index (χ4v) is 2.99. The van der Waals surface area contributed by atoms with Crippen molar-refractivity contribution < 1.29 is 32.8 Å². The monoisotopic (exact) mass is 460 g/mol. The first-order valence-electron chi connectivity index (χ1n) is 8.72. The van der Waals surface area contributed by atoms with E-state index in [2.05, 4.69) is 30.9 Å². The number of benzene rings is 2. The van der Waals surface area contributed by atoms with Crippen LogP contribution in [0.15, 0.2) is 47.4 Å². The fraction of sp³-hybridized carbons (Fsp3) is 0.0556. The second-order valence-corrected chi connectivity index (χ2v) is 7.64. The number of carboxylic acid groups (broad SMARTS) is 2. The summed E-state index contributed by atoms with van der Waals surface area (Å²) >= 11 is 0. The zero-order chi connectivity index (χ0) is 23.5. The number of carboxylic acids is 2. The molecule has 2 aromatic carbocycles. The summed E-state index contributed by atoms with van der Waals surface area (Å²) in [7, 11) is -2.78. The quantitative estimate of drug-likeness (QED) is 0.267. The Hall–Kier alpha value is -4.30. The molecule has 0 saturated carbocycles. The molecule has 0 aliphatic carbocycles. The molecule has 6 N–H and O–H groups in total. The Morgan fingerprint density at radius 1 is 0.781 bits per heavy atom. The van der Waals surface area contributed by atoms with E-state index in [1.807, 2.05) is 0 Å². The molecule has 0 aliphatic rings. The lowest BCUT2D eigenvalue weighted by Crippen LogP contribution is -2.09. The Morgan fingerprint density at radius 3 is 1.69 bits per heavy atom. The van der Waals surface area contributed by atoms with Crippen LogP contribution in [0.2, 0.25) is 0 Å². The summed E-state index contributed by atoms with van der Waals surface area (Å²) < 4.78 is 31.3. The van der Waals surface area contributed by atoms with Crippen LogP contribution in [0, 0.1) is 0 Å². The van der Waals surface area contributed by atoms with Gasteiger partial charge in [0.2, 0.25) is 17.8 Å². The lowest BCUT2D eigenvalue weighted by Gasteiger charge is -2.11. The number of aromatic carboxylic acids is 2. The van der Waals surface area contributed by atoms with E-state index >= 15 is 0 Å². The Morgan fingerprint density at radius 2 is 1.25 bits per heavy atom. The van der Waals surface area contributed by atoms with E-state index in [4.69, 9.17) is 4.55 Å². The molecule has 0 fully saturated rings. The molecule has 13 nitrogen and oxygen atoms in total. The van der Waals surface area contributed by atoms with E-state index in [-0.39, 0.29) is 39.6 Å². The highest BCUT2D eigenvalue weighted by atomic mass is 32.2. The van der Waals surface area contributed by atoms with Gasteiger partial charge in [-0.05, 0) is 42.5 Å². The lowest BCUT2D eigenvalue weighted by molar-refractivity contribution is 0.0696. The number of rotatable bonds is 8. The molecular formula is C18H16N6O7S. The molecule has 0 saturated heterocycles. The molecular weight excluding hydrogens is 444 g/mol. The van der Waals surface area contributed by atoms with Gasteiger partial charge in [0.1, 0.15) is 0 Å². The van der Waals surface area contributed by atoms with Crippen LogP contribution >= 0.6 is 0 Å². The first kappa shape index (κ1) is 22.4. The number of aromatic nitrogens is 3. The van der Waals surface area contributed by atoms with Gasteiger partial charge >= 0.3 is 11.9 Å². The molecule has 3 rings (SSSR count). The molecule has 0 spiro atoms. The van der Waals surface area contributed by atoms with Gasteiger partial charge in [-0.15, -0.1) is 0 Å². The largest absolute Gasteiger partial charge is 0.478 e. The van der Waals surface area contributed by atoms with Gasteiger partial charge in [-0.1, -0.05) is 0 Å². The first-order valence-corrected chi connectivity index (χ1v) is 10.2. The summed E-state index contributed by atoms with van der Waals surface area (Å²) in [6.07, 6.45) is 0. The number of nitrogens with zero attached hydrogens (tertiary/aromatic N) is 3. The van der Waals surface area contributed by atoms with Gasteiger partial charge in [-0.2, -0.15) is 23.4 Å². The number of carbonyl (C=O) groups is 2. The van der Waals surface area contributed by atoms with E-state index in [1.165, 1.54) is 36.4 Å². The van der Waals surface area contributed by atoms with Crippen LogP contribution in [-0.2, 0) is 10.1 Å². The highest BCUT2D eigenvalue weighted by Gasteiger charge is 2.14. The van der Waals surface area contributed by atoms with Crippen LogP contribution in [0.25, 0.3) is 0 Å². The van der Waals surface area contributed by atoms with Crippen LogP contribution in [0.3, 0.4) is 0 Å². The number of anilines is 5. The van der Waals surface area contributed by atoms with E-state index in [9.17, 15) is 28.2 Å². The van der Waals surface area contributed by atoms with Gasteiger partial charge in [0, 0.05) is 18.4 Å². The molecule has 14 heteroatoms. The molecule has 0 atom stereocenters. The van der Waals surface area contributed by atoms with E-state index in [0.29, 0.717) is 5.69 Å². The average Bonchev–Trinajstić information content (AvgIpc) is 2.73. The minimum Gasteiger partial charge on any atom is -0.478 e. The molecule has 3 aromatic rings. The Balaban J connectivity index is 1.92. The van der Waals surface area contributed by atoms with E-state index in [1.54, 1.807) is 7.05 Å². The third-order valence-corrected chi connectivity index (χ3v) is 4.82. The van der Waals surface area contributed by atoms with Crippen LogP contribution in [0.1, 0.15) is 20.7 Å². The van der Waals surface area contributed by atoms with Gasteiger partial charge in [0.05, 0.1) is 16.0 Å². The topological polar surface area (TPSA) is 204 Å². The van der Waals surface area contributed by atoms with Gasteiger partial charge in [-0.25, -0.2) is 9.59 Å². The van der Waals surface area contributed by atoms with Gasteiger partial charge in [0.25, 0.3) is 10.1 Å². The number of hydrogen-bond acceptors (Lipinski definition) is 10. The Kier molecular flexibility index (Phi) is 6.17. The lowest BCUT2D eigenvalue weighted by atomic mass is 10.1. The number of nitrogens with one attached hydrogen (secondary N) is 3. The van der Waals surface area contributed by atoms with Crippen LogP contribution in [0.5, 0.6) is 0 Å². The normalized spacial score (nSPS) is 10.9. The third kappa shape index (κ3) is 5.44. The molecule has 0 bridgehead atoms. The van der Waals surface area contributed by atoms with Crippen LogP contribution in [-0.4, -0.2) is 57.1 Å². The molecule has 0 aliphatic heterocycles. The van der Waals surface area contributed by atoms with Crippen LogP contribution < -0.4 is 16.0 Å². The van der Waals surface area contributed by atoms with Crippen molar-refractivity contribution in [3.8, 4) is 0 Å². The van der Waals surface area contributed by atoms with Crippen molar-refractivity contribution in [1.82, 2.24) is 15.0 Å². The maximum Gasteiger partial charge on any atom is 0.335 e. The Labute approximate surface area is 180 Å².